The highest BCUT2D eigenvalue weighted by Gasteiger charge is 2.23. The summed E-state index contributed by atoms with van der Waals surface area (Å²) in [7, 11) is 0.563. The van der Waals surface area contributed by atoms with Crippen LogP contribution in [0.3, 0.4) is 0 Å². The van der Waals surface area contributed by atoms with E-state index in [2.05, 4.69) is 15.3 Å². The molecule has 2 heterocycles. The largest absolute Gasteiger partial charge is 0.347 e. The summed E-state index contributed by atoms with van der Waals surface area (Å²) in [5.74, 6) is 0.219. The molecule has 0 radical (unpaired) electrons. The van der Waals surface area contributed by atoms with Crippen molar-refractivity contribution in [1.82, 2.24) is 15.3 Å². The monoisotopic (exact) mass is 372 g/mol. The Morgan fingerprint density at radius 1 is 1.19 bits per heavy atom. The van der Waals surface area contributed by atoms with Crippen molar-refractivity contribution in [2.75, 3.05) is 24.7 Å². The van der Waals surface area contributed by atoms with E-state index in [4.69, 9.17) is 0 Å². The summed E-state index contributed by atoms with van der Waals surface area (Å²) in [5.41, 5.74) is 2.97. The smallest absolute Gasteiger partial charge is 0.251 e. The zero-order valence-corrected chi connectivity index (χ0v) is 15.6. The molecule has 0 aliphatic carbocycles. The SMILES string of the molecule is Cc1cc(-c2ccc(C(=O)N[C@H]3C=CS(=O)(=O)C3)cc2)nc(N(C)C)n1. The molecule has 3 rings (SSSR count). The molecule has 0 saturated heterocycles. The molecule has 1 aliphatic heterocycles. The van der Waals surface area contributed by atoms with Crippen LogP contribution in [0.4, 0.5) is 5.95 Å². The number of aromatic nitrogens is 2. The van der Waals surface area contributed by atoms with Gasteiger partial charge in [-0.25, -0.2) is 18.4 Å². The van der Waals surface area contributed by atoms with Crippen LogP contribution in [-0.2, 0) is 9.84 Å². The number of nitrogens with one attached hydrogen (secondary N) is 1. The number of aryl methyl sites for hydroxylation is 1. The summed E-state index contributed by atoms with van der Waals surface area (Å²) in [4.78, 5) is 23.0. The third-order valence-electron chi connectivity index (χ3n) is 3.93. The Labute approximate surface area is 152 Å². The number of rotatable bonds is 4. The van der Waals surface area contributed by atoms with Crippen LogP contribution in [0.15, 0.2) is 41.8 Å². The van der Waals surface area contributed by atoms with Gasteiger partial charge in [0.05, 0.1) is 17.5 Å². The molecule has 0 bridgehead atoms. The van der Waals surface area contributed by atoms with Gasteiger partial charge in [-0.1, -0.05) is 12.1 Å². The molecule has 1 atom stereocenters. The maximum Gasteiger partial charge on any atom is 0.251 e. The molecule has 0 fully saturated rings. The van der Waals surface area contributed by atoms with E-state index in [1.165, 1.54) is 6.08 Å². The van der Waals surface area contributed by atoms with E-state index in [1.54, 1.807) is 12.1 Å². The molecule has 1 aromatic heterocycles. The lowest BCUT2D eigenvalue weighted by Gasteiger charge is -2.13. The van der Waals surface area contributed by atoms with Crippen LogP contribution in [0.1, 0.15) is 16.1 Å². The van der Waals surface area contributed by atoms with Crippen molar-refractivity contribution in [3.63, 3.8) is 0 Å². The predicted octanol–water partition coefficient (Wildman–Crippen LogP) is 1.56. The van der Waals surface area contributed by atoms with Crippen molar-refractivity contribution >= 4 is 21.7 Å². The number of carbonyl (C=O) groups is 1. The van der Waals surface area contributed by atoms with E-state index in [0.717, 1.165) is 22.4 Å². The van der Waals surface area contributed by atoms with Crippen molar-refractivity contribution in [3.05, 3.63) is 53.1 Å². The lowest BCUT2D eigenvalue weighted by Crippen LogP contribution is -2.35. The van der Waals surface area contributed by atoms with Gasteiger partial charge in [-0.05, 0) is 31.2 Å². The van der Waals surface area contributed by atoms with Gasteiger partial charge in [0.15, 0.2) is 9.84 Å². The van der Waals surface area contributed by atoms with Crippen LogP contribution in [0.25, 0.3) is 11.3 Å². The van der Waals surface area contributed by atoms with Crippen LogP contribution < -0.4 is 10.2 Å². The van der Waals surface area contributed by atoms with E-state index in [9.17, 15) is 13.2 Å². The van der Waals surface area contributed by atoms with Crippen LogP contribution in [0.2, 0.25) is 0 Å². The van der Waals surface area contributed by atoms with Crippen LogP contribution in [0, 0.1) is 6.92 Å². The van der Waals surface area contributed by atoms with Crippen molar-refractivity contribution in [2.45, 2.75) is 13.0 Å². The van der Waals surface area contributed by atoms with Gasteiger partial charge in [-0.15, -0.1) is 0 Å². The van der Waals surface area contributed by atoms with E-state index >= 15 is 0 Å². The minimum Gasteiger partial charge on any atom is -0.347 e. The van der Waals surface area contributed by atoms with Gasteiger partial charge < -0.3 is 10.2 Å². The molecule has 1 N–H and O–H groups in total. The molecule has 2 aromatic rings. The first kappa shape index (κ1) is 18.1. The third kappa shape index (κ3) is 4.08. The van der Waals surface area contributed by atoms with Gasteiger partial charge in [0.1, 0.15) is 0 Å². The lowest BCUT2D eigenvalue weighted by atomic mass is 10.1. The fourth-order valence-electron chi connectivity index (χ4n) is 2.61. The van der Waals surface area contributed by atoms with Crippen molar-refractivity contribution < 1.29 is 13.2 Å². The van der Waals surface area contributed by atoms with Crippen molar-refractivity contribution in [3.8, 4) is 11.3 Å². The van der Waals surface area contributed by atoms with Gasteiger partial charge in [0.2, 0.25) is 5.95 Å². The van der Waals surface area contributed by atoms with Gasteiger partial charge in [0, 0.05) is 36.3 Å². The maximum atomic E-state index is 12.3. The second kappa shape index (κ2) is 6.87. The molecule has 7 nitrogen and oxygen atoms in total. The van der Waals surface area contributed by atoms with E-state index in [0.29, 0.717) is 11.5 Å². The number of nitrogens with zero attached hydrogens (tertiary/aromatic N) is 3. The Hall–Kier alpha value is -2.74. The Morgan fingerprint density at radius 3 is 2.46 bits per heavy atom. The van der Waals surface area contributed by atoms with E-state index in [-0.39, 0.29) is 11.7 Å². The lowest BCUT2D eigenvalue weighted by molar-refractivity contribution is 0.0947. The molecule has 8 heteroatoms. The summed E-state index contributed by atoms with van der Waals surface area (Å²) >= 11 is 0. The molecule has 0 saturated carbocycles. The zero-order valence-electron chi connectivity index (χ0n) is 14.8. The standard InChI is InChI=1S/C18H20N4O3S/c1-12-10-16(21-18(19-12)22(2)3)13-4-6-14(7-5-13)17(23)20-15-8-9-26(24,25)11-15/h4-10,15H,11H2,1-3H3,(H,20,23)/t15-/m0/s1. The van der Waals surface area contributed by atoms with Gasteiger partial charge in [-0.3, -0.25) is 4.79 Å². The molecular weight excluding hydrogens is 352 g/mol. The van der Waals surface area contributed by atoms with E-state index in [1.807, 2.05) is 44.1 Å². The predicted molar refractivity (Wildman–Crippen MR) is 101 cm³/mol. The first-order valence-electron chi connectivity index (χ1n) is 8.09. The summed E-state index contributed by atoms with van der Waals surface area (Å²) in [6.45, 7) is 1.91. The molecule has 1 amide bonds. The number of benzene rings is 1. The number of sulfone groups is 1. The molecule has 1 aromatic carbocycles. The zero-order chi connectivity index (χ0) is 18.9. The van der Waals surface area contributed by atoms with Gasteiger partial charge in [0.25, 0.3) is 5.91 Å². The van der Waals surface area contributed by atoms with E-state index < -0.39 is 15.9 Å². The summed E-state index contributed by atoms with van der Waals surface area (Å²) in [6.07, 6.45) is 1.49. The number of amides is 1. The van der Waals surface area contributed by atoms with Crippen LogP contribution in [-0.4, -0.2) is 50.2 Å². The topological polar surface area (TPSA) is 92.3 Å². The Bertz CT molecular complexity index is 966. The Kier molecular flexibility index (Phi) is 4.78. The minimum atomic E-state index is -3.19. The summed E-state index contributed by atoms with van der Waals surface area (Å²) in [5, 5.41) is 3.85. The van der Waals surface area contributed by atoms with Crippen LogP contribution in [0.5, 0.6) is 0 Å². The second-order valence-corrected chi connectivity index (χ2v) is 8.34. The molecule has 0 unspecified atom stereocenters. The van der Waals surface area contributed by atoms with Gasteiger partial charge >= 0.3 is 0 Å². The number of hydrogen-bond acceptors (Lipinski definition) is 6. The molecule has 0 spiro atoms. The number of carbonyl (C=O) groups excluding carboxylic acids is 1. The van der Waals surface area contributed by atoms with Crippen molar-refractivity contribution in [1.29, 1.82) is 0 Å². The highest BCUT2D eigenvalue weighted by Crippen LogP contribution is 2.21. The average Bonchev–Trinajstić information content (AvgIpc) is 2.93. The number of hydrogen-bond donors (Lipinski definition) is 1. The highest BCUT2D eigenvalue weighted by molar-refractivity contribution is 7.94. The molecule has 26 heavy (non-hydrogen) atoms. The van der Waals surface area contributed by atoms with Gasteiger partial charge in [-0.2, -0.15) is 0 Å². The fraction of sp³-hybridized carbons (Fsp3) is 0.278. The van der Waals surface area contributed by atoms with Crippen molar-refractivity contribution in [2.24, 2.45) is 0 Å². The Morgan fingerprint density at radius 2 is 1.88 bits per heavy atom. The first-order valence-corrected chi connectivity index (χ1v) is 9.80. The Balaban J connectivity index is 1.76. The first-order chi connectivity index (χ1) is 12.2. The third-order valence-corrected chi connectivity index (χ3v) is 5.33. The maximum absolute atomic E-state index is 12.3. The number of anilines is 1. The molecule has 1 aliphatic rings. The summed E-state index contributed by atoms with van der Waals surface area (Å²) < 4.78 is 22.8. The highest BCUT2D eigenvalue weighted by atomic mass is 32.2. The fourth-order valence-corrected chi connectivity index (χ4v) is 3.85. The normalized spacial score (nSPS) is 17.9. The van der Waals surface area contributed by atoms with Crippen LogP contribution >= 0.6 is 0 Å². The average molecular weight is 372 g/mol. The molecule has 136 valence electrons. The molecular formula is C18H20N4O3S. The summed E-state index contributed by atoms with van der Waals surface area (Å²) in [6, 6.07) is 8.43. The second-order valence-electron chi connectivity index (χ2n) is 6.40. The minimum absolute atomic E-state index is 0.0929. The quantitative estimate of drug-likeness (QED) is 0.876.